The van der Waals surface area contributed by atoms with Gasteiger partial charge in [0.05, 0.1) is 11.2 Å². The molecular weight excluding hydrogens is 186 g/mol. The summed E-state index contributed by atoms with van der Waals surface area (Å²) in [5.41, 5.74) is 2.33. The van der Waals surface area contributed by atoms with Crippen LogP contribution in [0.5, 0.6) is 0 Å². The monoisotopic (exact) mass is 203 g/mol. The highest BCUT2D eigenvalue weighted by atomic mass is 15.3. The maximum Gasteiger partial charge on any atom is 0.0744 e. The quantitative estimate of drug-likeness (QED) is 0.750. The van der Waals surface area contributed by atoms with Gasteiger partial charge in [-0.1, -0.05) is 13.8 Å². The third-order valence-corrected chi connectivity index (χ3v) is 2.57. The Morgan fingerprint density at radius 2 is 1.93 bits per heavy atom. The van der Waals surface area contributed by atoms with E-state index in [-0.39, 0.29) is 0 Å². The van der Waals surface area contributed by atoms with Gasteiger partial charge in [0.1, 0.15) is 0 Å². The topological polar surface area (TPSA) is 30.7 Å². The highest BCUT2D eigenvalue weighted by Crippen LogP contribution is 2.25. The molecule has 0 saturated heterocycles. The van der Waals surface area contributed by atoms with Gasteiger partial charge < -0.3 is 0 Å². The molecule has 3 heteroatoms. The van der Waals surface area contributed by atoms with Gasteiger partial charge in [-0.05, 0) is 25.8 Å². The standard InChI is InChI=1S/C12H17N3/c1-8(2)12-10-7-13-6-5-11(10)15(14-12)9(3)4/h5-9H,1-4H3. The van der Waals surface area contributed by atoms with Gasteiger partial charge in [0.2, 0.25) is 0 Å². The van der Waals surface area contributed by atoms with Crippen molar-refractivity contribution in [3.8, 4) is 0 Å². The molecule has 0 fully saturated rings. The lowest BCUT2D eigenvalue weighted by atomic mass is 10.1. The van der Waals surface area contributed by atoms with Crippen molar-refractivity contribution in [2.75, 3.05) is 0 Å². The van der Waals surface area contributed by atoms with E-state index in [9.17, 15) is 0 Å². The molecule has 80 valence electrons. The van der Waals surface area contributed by atoms with Crippen LogP contribution in [0.1, 0.15) is 45.3 Å². The average molecular weight is 203 g/mol. The summed E-state index contributed by atoms with van der Waals surface area (Å²) >= 11 is 0. The molecule has 0 unspecified atom stereocenters. The second-order valence-electron chi connectivity index (χ2n) is 4.47. The number of hydrogen-bond acceptors (Lipinski definition) is 2. The predicted molar refractivity (Wildman–Crippen MR) is 62.0 cm³/mol. The summed E-state index contributed by atoms with van der Waals surface area (Å²) < 4.78 is 2.08. The molecule has 0 amide bonds. The molecule has 0 aromatic carbocycles. The number of fused-ring (bicyclic) bond motifs is 1. The molecule has 3 nitrogen and oxygen atoms in total. The molecule has 0 N–H and O–H groups in total. The minimum absolute atomic E-state index is 0.391. The van der Waals surface area contributed by atoms with E-state index in [0.29, 0.717) is 12.0 Å². The van der Waals surface area contributed by atoms with Gasteiger partial charge in [-0.15, -0.1) is 0 Å². The van der Waals surface area contributed by atoms with Gasteiger partial charge in [-0.25, -0.2) is 0 Å². The second kappa shape index (κ2) is 3.65. The third-order valence-electron chi connectivity index (χ3n) is 2.57. The van der Waals surface area contributed by atoms with E-state index in [1.165, 1.54) is 10.9 Å². The molecule has 0 radical (unpaired) electrons. The summed E-state index contributed by atoms with van der Waals surface area (Å²) in [4.78, 5) is 4.18. The van der Waals surface area contributed by atoms with E-state index < -0.39 is 0 Å². The molecule has 2 aromatic heterocycles. The van der Waals surface area contributed by atoms with Gasteiger partial charge in [0.15, 0.2) is 0 Å². The van der Waals surface area contributed by atoms with Gasteiger partial charge in [0.25, 0.3) is 0 Å². The van der Waals surface area contributed by atoms with Crippen LogP contribution in [-0.2, 0) is 0 Å². The van der Waals surface area contributed by atoms with Crippen molar-refractivity contribution >= 4 is 10.9 Å². The maximum atomic E-state index is 4.66. The van der Waals surface area contributed by atoms with Crippen LogP contribution in [0.15, 0.2) is 18.5 Å². The van der Waals surface area contributed by atoms with Crippen LogP contribution in [0.4, 0.5) is 0 Å². The van der Waals surface area contributed by atoms with Crippen molar-refractivity contribution in [3.05, 3.63) is 24.2 Å². The van der Waals surface area contributed by atoms with Crippen LogP contribution >= 0.6 is 0 Å². The Labute approximate surface area is 90.1 Å². The van der Waals surface area contributed by atoms with Crippen LogP contribution in [-0.4, -0.2) is 14.8 Å². The molecule has 2 aromatic rings. The smallest absolute Gasteiger partial charge is 0.0744 e. The number of rotatable bonds is 2. The Morgan fingerprint density at radius 3 is 2.53 bits per heavy atom. The summed E-state index contributed by atoms with van der Waals surface area (Å²) in [6.45, 7) is 8.63. The minimum atomic E-state index is 0.391. The Morgan fingerprint density at radius 1 is 1.20 bits per heavy atom. The lowest BCUT2D eigenvalue weighted by Crippen LogP contribution is -2.03. The summed E-state index contributed by atoms with van der Waals surface area (Å²) in [7, 11) is 0. The van der Waals surface area contributed by atoms with E-state index in [1.54, 1.807) is 0 Å². The molecule has 0 aliphatic heterocycles. The van der Waals surface area contributed by atoms with E-state index in [4.69, 9.17) is 0 Å². The Bertz CT molecular complexity index is 427. The number of pyridine rings is 1. The summed E-state index contributed by atoms with van der Waals surface area (Å²) in [6.07, 6.45) is 3.74. The van der Waals surface area contributed by atoms with Crippen molar-refractivity contribution < 1.29 is 0 Å². The third kappa shape index (κ3) is 1.62. The largest absolute Gasteiger partial charge is 0.264 e. The highest BCUT2D eigenvalue weighted by molar-refractivity contribution is 5.81. The molecule has 2 heterocycles. The number of nitrogens with zero attached hydrogens (tertiary/aromatic N) is 3. The van der Waals surface area contributed by atoms with Crippen LogP contribution in [0, 0.1) is 0 Å². The van der Waals surface area contributed by atoms with Gasteiger partial charge in [-0.3, -0.25) is 9.67 Å². The lowest BCUT2D eigenvalue weighted by Gasteiger charge is -2.06. The zero-order chi connectivity index (χ0) is 11.0. The summed E-state index contributed by atoms with van der Waals surface area (Å²) in [6, 6.07) is 2.43. The zero-order valence-corrected chi connectivity index (χ0v) is 9.73. The predicted octanol–water partition coefficient (Wildman–Crippen LogP) is 3.14. The second-order valence-corrected chi connectivity index (χ2v) is 4.47. The Kier molecular flexibility index (Phi) is 2.47. The van der Waals surface area contributed by atoms with Gasteiger partial charge in [0, 0.05) is 23.8 Å². The fourth-order valence-corrected chi connectivity index (χ4v) is 1.83. The van der Waals surface area contributed by atoms with Crippen molar-refractivity contribution in [1.82, 2.24) is 14.8 Å². The highest BCUT2D eigenvalue weighted by Gasteiger charge is 2.14. The maximum absolute atomic E-state index is 4.66. The first kappa shape index (κ1) is 10.1. The SMILES string of the molecule is CC(C)c1nn(C(C)C)c2ccncc12. The molecular formula is C12H17N3. The molecule has 0 aliphatic rings. The van der Waals surface area contributed by atoms with E-state index in [1.807, 2.05) is 18.5 Å². The lowest BCUT2D eigenvalue weighted by molar-refractivity contribution is 0.539. The molecule has 15 heavy (non-hydrogen) atoms. The molecule has 0 aliphatic carbocycles. The fraction of sp³-hybridized carbons (Fsp3) is 0.500. The number of aromatic nitrogens is 3. The summed E-state index contributed by atoms with van der Waals surface area (Å²) in [5.74, 6) is 0.441. The van der Waals surface area contributed by atoms with E-state index in [2.05, 4.69) is 42.5 Å². The van der Waals surface area contributed by atoms with Crippen LogP contribution in [0.3, 0.4) is 0 Å². The molecule has 0 spiro atoms. The van der Waals surface area contributed by atoms with Crippen molar-refractivity contribution in [3.63, 3.8) is 0 Å². The fourth-order valence-electron chi connectivity index (χ4n) is 1.83. The zero-order valence-electron chi connectivity index (χ0n) is 9.73. The molecule has 0 atom stereocenters. The average Bonchev–Trinajstić information content (AvgIpc) is 2.56. The first-order valence-electron chi connectivity index (χ1n) is 5.43. The summed E-state index contributed by atoms with van der Waals surface area (Å²) in [5, 5.41) is 5.85. The molecule has 0 bridgehead atoms. The van der Waals surface area contributed by atoms with Crippen LogP contribution in [0.25, 0.3) is 10.9 Å². The first-order valence-corrected chi connectivity index (χ1v) is 5.43. The molecule has 2 rings (SSSR count). The Balaban J connectivity index is 2.73. The van der Waals surface area contributed by atoms with Crippen molar-refractivity contribution in [1.29, 1.82) is 0 Å². The van der Waals surface area contributed by atoms with Crippen LogP contribution in [0.2, 0.25) is 0 Å². The van der Waals surface area contributed by atoms with E-state index >= 15 is 0 Å². The first-order chi connectivity index (χ1) is 7.11. The van der Waals surface area contributed by atoms with E-state index in [0.717, 1.165) is 5.69 Å². The Hall–Kier alpha value is -1.38. The number of hydrogen-bond donors (Lipinski definition) is 0. The van der Waals surface area contributed by atoms with Crippen molar-refractivity contribution in [2.24, 2.45) is 0 Å². The van der Waals surface area contributed by atoms with Crippen LogP contribution < -0.4 is 0 Å². The van der Waals surface area contributed by atoms with Crippen molar-refractivity contribution in [2.45, 2.75) is 39.7 Å². The normalized spacial score (nSPS) is 11.9. The van der Waals surface area contributed by atoms with Gasteiger partial charge >= 0.3 is 0 Å². The minimum Gasteiger partial charge on any atom is -0.264 e. The molecule has 0 saturated carbocycles. The van der Waals surface area contributed by atoms with Gasteiger partial charge in [-0.2, -0.15) is 5.10 Å².